The van der Waals surface area contributed by atoms with Gasteiger partial charge in [-0.1, -0.05) is 24.3 Å². The molecule has 0 amide bonds. The van der Waals surface area contributed by atoms with E-state index in [-0.39, 0.29) is 17.7 Å². The maximum absolute atomic E-state index is 13.8. The normalized spacial score (nSPS) is 12.1. The second-order valence-corrected chi connectivity index (χ2v) is 4.62. The van der Waals surface area contributed by atoms with Crippen LogP contribution in [-0.4, -0.2) is 12.0 Å². The van der Waals surface area contributed by atoms with Gasteiger partial charge in [-0.15, -0.1) is 0 Å². The maximum atomic E-state index is 13.8. The first kappa shape index (κ1) is 14.2. The van der Waals surface area contributed by atoms with Crippen molar-refractivity contribution in [1.29, 1.82) is 0 Å². The lowest BCUT2D eigenvalue weighted by Gasteiger charge is -2.18. The minimum atomic E-state index is -0.709. The van der Waals surface area contributed by atoms with E-state index in [1.807, 2.05) is 38.1 Å². The van der Waals surface area contributed by atoms with Crippen molar-refractivity contribution in [3.63, 3.8) is 0 Å². The van der Waals surface area contributed by atoms with E-state index in [0.717, 1.165) is 17.2 Å². The number of benzene rings is 1. The van der Waals surface area contributed by atoms with Crippen LogP contribution in [0.3, 0.4) is 0 Å². The number of halogens is 2. The van der Waals surface area contributed by atoms with Crippen molar-refractivity contribution < 1.29 is 8.78 Å². The fraction of sp³-hybridized carbons (Fsp3) is 0.267. The van der Waals surface area contributed by atoms with Crippen molar-refractivity contribution >= 4 is 11.6 Å². The first-order chi connectivity index (χ1) is 9.52. The van der Waals surface area contributed by atoms with Gasteiger partial charge in [-0.3, -0.25) is 0 Å². The van der Waals surface area contributed by atoms with Crippen molar-refractivity contribution in [3.05, 3.63) is 53.1 Å². The first-order valence-electron chi connectivity index (χ1n) is 6.38. The van der Waals surface area contributed by atoms with Crippen molar-refractivity contribution in [2.75, 3.05) is 17.7 Å². The Morgan fingerprint density at radius 1 is 1.10 bits per heavy atom. The lowest BCUT2D eigenvalue weighted by atomic mass is 10.0. The zero-order valence-corrected chi connectivity index (χ0v) is 11.7. The van der Waals surface area contributed by atoms with E-state index < -0.39 is 11.6 Å². The molecule has 2 aromatic rings. The van der Waals surface area contributed by atoms with Crippen LogP contribution in [0.5, 0.6) is 0 Å². The van der Waals surface area contributed by atoms with Crippen molar-refractivity contribution in [1.82, 2.24) is 4.98 Å². The Bertz CT molecular complexity index is 614. The number of hydrogen-bond acceptors (Lipinski definition) is 3. The Kier molecular flexibility index (Phi) is 4.17. The van der Waals surface area contributed by atoms with E-state index >= 15 is 0 Å². The number of rotatable bonds is 4. The number of pyridine rings is 1. The highest BCUT2D eigenvalue weighted by molar-refractivity contribution is 5.48. The summed E-state index contributed by atoms with van der Waals surface area (Å²) >= 11 is 0. The van der Waals surface area contributed by atoms with Gasteiger partial charge < -0.3 is 10.6 Å². The predicted octanol–water partition coefficient (Wildman–Crippen LogP) is 3.88. The molecule has 0 saturated carbocycles. The Balaban J connectivity index is 2.28. The molecule has 0 radical (unpaired) electrons. The Labute approximate surface area is 117 Å². The molecule has 1 aromatic heterocycles. The molecule has 1 heterocycles. The Morgan fingerprint density at radius 2 is 1.75 bits per heavy atom. The standard InChI is InChI=1S/C15H17F2N3/c1-9-6-4-5-7-11(9)10(2)19-15-13(17)8-12(16)14(18-3)20-15/h4-8,10H,1-3H3,(H2,18,19,20). The minimum Gasteiger partial charge on any atom is -0.371 e. The molecule has 5 heteroatoms. The summed E-state index contributed by atoms with van der Waals surface area (Å²) in [6.45, 7) is 3.90. The topological polar surface area (TPSA) is 37.0 Å². The van der Waals surface area contributed by atoms with E-state index in [2.05, 4.69) is 15.6 Å². The van der Waals surface area contributed by atoms with Crippen LogP contribution in [0, 0.1) is 18.6 Å². The van der Waals surface area contributed by atoms with Gasteiger partial charge >= 0.3 is 0 Å². The second-order valence-electron chi connectivity index (χ2n) is 4.62. The lowest BCUT2D eigenvalue weighted by Crippen LogP contribution is -2.12. The molecule has 1 aromatic carbocycles. The fourth-order valence-electron chi connectivity index (χ4n) is 2.10. The summed E-state index contributed by atoms with van der Waals surface area (Å²) in [5, 5.41) is 5.57. The zero-order valence-electron chi connectivity index (χ0n) is 11.7. The first-order valence-corrected chi connectivity index (χ1v) is 6.38. The molecule has 0 aliphatic heterocycles. The van der Waals surface area contributed by atoms with Crippen molar-refractivity contribution in [2.24, 2.45) is 0 Å². The molecule has 0 bridgehead atoms. The van der Waals surface area contributed by atoms with Crippen LogP contribution in [-0.2, 0) is 0 Å². The zero-order chi connectivity index (χ0) is 14.7. The van der Waals surface area contributed by atoms with Crippen molar-refractivity contribution in [2.45, 2.75) is 19.9 Å². The number of aromatic nitrogens is 1. The third-order valence-corrected chi connectivity index (χ3v) is 3.17. The number of nitrogens with one attached hydrogen (secondary N) is 2. The highest BCUT2D eigenvalue weighted by atomic mass is 19.1. The predicted molar refractivity (Wildman–Crippen MR) is 76.9 cm³/mol. The molecule has 0 aliphatic carbocycles. The van der Waals surface area contributed by atoms with Gasteiger partial charge in [-0.05, 0) is 25.0 Å². The molecule has 0 spiro atoms. The molecular formula is C15H17F2N3. The van der Waals surface area contributed by atoms with Gasteiger partial charge in [-0.2, -0.15) is 0 Å². The quantitative estimate of drug-likeness (QED) is 0.890. The van der Waals surface area contributed by atoms with Gasteiger partial charge in [0, 0.05) is 13.1 Å². The summed E-state index contributed by atoms with van der Waals surface area (Å²) in [7, 11) is 1.54. The van der Waals surface area contributed by atoms with E-state index in [9.17, 15) is 8.78 Å². The molecule has 1 unspecified atom stereocenters. The average molecular weight is 277 g/mol. The van der Waals surface area contributed by atoms with Crippen LogP contribution >= 0.6 is 0 Å². The van der Waals surface area contributed by atoms with Gasteiger partial charge in [0.25, 0.3) is 0 Å². The van der Waals surface area contributed by atoms with E-state index in [4.69, 9.17) is 0 Å². The molecule has 3 nitrogen and oxygen atoms in total. The summed E-state index contributed by atoms with van der Waals surface area (Å²) in [5.74, 6) is -1.36. The molecular weight excluding hydrogens is 260 g/mol. The summed E-state index contributed by atoms with van der Waals surface area (Å²) in [4.78, 5) is 3.91. The van der Waals surface area contributed by atoms with Crippen LogP contribution in [0.25, 0.3) is 0 Å². The number of aryl methyl sites for hydroxylation is 1. The molecule has 2 N–H and O–H groups in total. The number of hydrogen-bond donors (Lipinski definition) is 2. The van der Waals surface area contributed by atoms with Gasteiger partial charge in [0.2, 0.25) is 0 Å². The lowest BCUT2D eigenvalue weighted by molar-refractivity contribution is 0.577. The maximum Gasteiger partial charge on any atom is 0.168 e. The monoisotopic (exact) mass is 277 g/mol. The SMILES string of the molecule is CNc1nc(NC(C)c2ccccc2C)c(F)cc1F. The van der Waals surface area contributed by atoms with Crippen molar-refractivity contribution in [3.8, 4) is 0 Å². The summed E-state index contributed by atoms with van der Waals surface area (Å²) in [6.07, 6.45) is 0. The Morgan fingerprint density at radius 3 is 2.40 bits per heavy atom. The second kappa shape index (κ2) is 5.86. The van der Waals surface area contributed by atoms with Crippen LogP contribution < -0.4 is 10.6 Å². The molecule has 0 fully saturated rings. The molecule has 0 saturated heterocycles. The Hall–Kier alpha value is -2.17. The van der Waals surface area contributed by atoms with E-state index in [0.29, 0.717) is 0 Å². The summed E-state index contributed by atoms with van der Waals surface area (Å²) < 4.78 is 27.1. The van der Waals surface area contributed by atoms with Gasteiger partial charge in [0.15, 0.2) is 23.3 Å². The summed E-state index contributed by atoms with van der Waals surface area (Å²) in [5.41, 5.74) is 2.15. The minimum absolute atomic E-state index is 0.0193. The van der Waals surface area contributed by atoms with E-state index in [1.165, 1.54) is 7.05 Å². The largest absolute Gasteiger partial charge is 0.371 e. The molecule has 1 atom stereocenters. The highest BCUT2D eigenvalue weighted by Gasteiger charge is 2.14. The van der Waals surface area contributed by atoms with E-state index in [1.54, 1.807) is 0 Å². The fourth-order valence-corrected chi connectivity index (χ4v) is 2.10. The summed E-state index contributed by atoms with van der Waals surface area (Å²) in [6, 6.07) is 8.52. The number of anilines is 2. The average Bonchev–Trinajstić information content (AvgIpc) is 2.42. The third kappa shape index (κ3) is 2.87. The van der Waals surface area contributed by atoms with Gasteiger partial charge in [0.05, 0.1) is 6.04 Å². The molecule has 2 rings (SSSR count). The smallest absolute Gasteiger partial charge is 0.168 e. The molecule has 0 aliphatic rings. The van der Waals surface area contributed by atoms with Crippen LogP contribution in [0.2, 0.25) is 0 Å². The van der Waals surface area contributed by atoms with Crippen LogP contribution in [0.15, 0.2) is 30.3 Å². The van der Waals surface area contributed by atoms with Gasteiger partial charge in [0.1, 0.15) is 0 Å². The number of nitrogens with zero attached hydrogens (tertiary/aromatic N) is 1. The third-order valence-electron chi connectivity index (χ3n) is 3.17. The highest BCUT2D eigenvalue weighted by Crippen LogP contribution is 2.24. The van der Waals surface area contributed by atoms with Gasteiger partial charge in [-0.25, -0.2) is 13.8 Å². The molecule has 106 valence electrons. The molecule has 20 heavy (non-hydrogen) atoms. The van der Waals surface area contributed by atoms with Crippen LogP contribution in [0.4, 0.5) is 20.4 Å². The van der Waals surface area contributed by atoms with Crippen LogP contribution in [0.1, 0.15) is 24.1 Å².